The molecule has 0 spiro atoms. The third-order valence-corrected chi connectivity index (χ3v) is 4.53. The van der Waals surface area contributed by atoms with Crippen LogP contribution in [0.3, 0.4) is 0 Å². The summed E-state index contributed by atoms with van der Waals surface area (Å²) < 4.78 is 19.2. The number of hydrogen-bond donors (Lipinski definition) is 1. The van der Waals surface area contributed by atoms with Crippen molar-refractivity contribution in [3.8, 4) is 0 Å². The summed E-state index contributed by atoms with van der Waals surface area (Å²) in [5.74, 6) is 0.714. The van der Waals surface area contributed by atoms with Crippen molar-refractivity contribution < 1.29 is 13.6 Å². The molecule has 1 N–H and O–H groups in total. The first-order valence-corrected chi connectivity index (χ1v) is 8.71. The Morgan fingerprint density at radius 1 is 1.20 bits per heavy atom. The van der Waals surface area contributed by atoms with Gasteiger partial charge in [-0.05, 0) is 37.6 Å². The topological polar surface area (TPSA) is 48.7 Å². The zero-order valence-corrected chi connectivity index (χ0v) is 14.5. The molecule has 6 heteroatoms. The van der Waals surface area contributed by atoms with Crippen molar-refractivity contribution in [3.05, 3.63) is 54.2 Å². The van der Waals surface area contributed by atoms with Crippen LogP contribution in [-0.2, 0) is 6.42 Å². The summed E-state index contributed by atoms with van der Waals surface area (Å²) in [6.07, 6.45) is 3.29. The molecule has 1 aromatic heterocycles. The quantitative estimate of drug-likeness (QED) is 0.905. The Hall–Kier alpha value is -2.50. The van der Waals surface area contributed by atoms with Gasteiger partial charge in [-0.2, -0.15) is 0 Å². The van der Waals surface area contributed by atoms with E-state index in [9.17, 15) is 9.18 Å². The highest BCUT2D eigenvalue weighted by Gasteiger charge is 2.23. The number of carbonyl (C=O) groups is 1. The Morgan fingerprint density at radius 2 is 1.96 bits per heavy atom. The number of halogens is 1. The number of piperazine rings is 1. The monoisotopic (exact) mass is 345 g/mol. The van der Waals surface area contributed by atoms with E-state index in [0.29, 0.717) is 31.9 Å². The Kier molecular flexibility index (Phi) is 5.58. The molecule has 0 saturated carbocycles. The molecule has 1 aliphatic heterocycles. The van der Waals surface area contributed by atoms with Crippen molar-refractivity contribution in [1.82, 2.24) is 10.2 Å². The van der Waals surface area contributed by atoms with Gasteiger partial charge in [-0.25, -0.2) is 9.18 Å². The van der Waals surface area contributed by atoms with E-state index in [4.69, 9.17) is 4.42 Å². The summed E-state index contributed by atoms with van der Waals surface area (Å²) in [5, 5.41) is 3.03. The SMILES string of the molecule is CC(CCc1ccco1)NC(=O)N1CCN(c2ccccc2F)CC1. The number of aryl methyl sites for hydroxylation is 1. The first kappa shape index (κ1) is 17.3. The maximum Gasteiger partial charge on any atom is 0.317 e. The Balaban J connectivity index is 1.44. The number of para-hydroxylation sites is 1. The largest absolute Gasteiger partial charge is 0.469 e. The van der Waals surface area contributed by atoms with E-state index in [1.807, 2.05) is 30.0 Å². The number of anilines is 1. The smallest absolute Gasteiger partial charge is 0.317 e. The Labute approximate surface area is 147 Å². The highest BCUT2D eigenvalue weighted by molar-refractivity contribution is 5.74. The van der Waals surface area contributed by atoms with E-state index in [1.54, 1.807) is 23.3 Å². The fraction of sp³-hybridized carbons (Fsp3) is 0.421. The maximum atomic E-state index is 13.9. The van der Waals surface area contributed by atoms with Gasteiger partial charge in [0.2, 0.25) is 0 Å². The van der Waals surface area contributed by atoms with E-state index in [0.717, 1.165) is 18.6 Å². The predicted octanol–water partition coefficient (Wildman–Crippen LogP) is 3.27. The highest BCUT2D eigenvalue weighted by atomic mass is 19.1. The Morgan fingerprint density at radius 3 is 2.64 bits per heavy atom. The molecule has 134 valence electrons. The number of benzene rings is 1. The standard InChI is InChI=1S/C19H24FN3O2/c1-15(8-9-16-5-4-14-25-16)21-19(24)23-12-10-22(11-13-23)18-7-3-2-6-17(18)20/h2-7,14-15H,8-13H2,1H3,(H,21,24). The van der Waals surface area contributed by atoms with E-state index < -0.39 is 0 Å². The van der Waals surface area contributed by atoms with Crippen LogP contribution in [0.25, 0.3) is 0 Å². The lowest BCUT2D eigenvalue weighted by Gasteiger charge is -2.36. The van der Waals surface area contributed by atoms with Crippen LogP contribution in [0.4, 0.5) is 14.9 Å². The zero-order chi connectivity index (χ0) is 17.6. The lowest BCUT2D eigenvalue weighted by Crippen LogP contribution is -2.53. The second kappa shape index (κ2) is 8.05. The third-order valence-electron chi connectivity index (χ3n) is 4.53. The molecule has 2 aromatic rings. The van der Waals surface area contributed by atoms with Crippen LogP contribution < -0.4 is 10.2 Å². The number of nitrogens with zero attached hydrogens (tertiary/aromatic N) is 2. The van der Waals surface area contributed by atoms with Crippen molar-refractivity contribution in [1.29, 1.82) is 0 Å². The molecule has 1 aromatic carbocycles. The normalized spacial score (nSPS) is 15.9. The molecule has 25 heavy (non-hydrogen) atoms. The van der Waals surface area contributed by atoms with Gasteiger partial charge >= 0.3 is 6.03 Å². The van der Waals surface area contributed by atoms with Crippen LogP contribution in [0.5, 0.6) is 0 Å². The molecule has 1 aliphatic rings. The average molecular weight is 345 g/mol. The van der Waals surface area contributed by atoms with E-state index in [-0.39, 0.29) is 17.9 Å². The van der Waals surface area contributed by atoms with Crippen molar-refractivity contribution in [2.24, 2.45) is 0 Å². The summed E-state index contributed by atoms with van der Waals surface area (Å²) >= 11 is 0. The first-order chi connectivity index (χ1) is 12.1. The number of urea groups is 1. The molecule has 1 unspecified atom stereocenters. The maximum absolute atomic E-state index is 13.9. The molecular formula is C19H24FN3O2. The number of hydrogen-bond acceptors (Lipinski definition) is 3. The van der Waals surface area contributed by atoms with Gasteiger partial charge < -0.3 is 19.5 Å². The van der Waals surface area contributed by atoms with Crippen LogP contribution in [-0.4, -0.2) is 43.2 Å². The molecule has 5 nitrogen and oxygen atoms in total. The summed E-state index contributed by atoms with van der Waals surface area (Å²) in [5.41, 5.74) is 0.606. The minimum Gasteiger partial charge on any atom is -0.469 e. The number of amides is 2. The molecule has 3 rings (SSSR count). The van der Waals surface area contributed by atoms with Crippen molar-refractivity contribution >= 4 is 11.7 Å². The molecule has 2 heterocycles. The van der Waals surface area contributed by atoms with Gasteiger partial charge in [0.05, 0.1) is 12.0 Å². The van der Waals surface area contributed by atoms with Crippen LogP contribution in [0, 0.1) is 5.82 Å². The molecule has 2 amide bonds. The van der Waals surface area contributed by atoms with Gasteiger partial charge in [0.15, 0.2) is 0 Å². The highest BCUT2D eigenvalue weighted by Crippen LogP contribution is 2.20. The molecule has 1 saturated heterocycles. The van der Waals surface area contributed by atoms with Gasteiger partial charge in [0.25, 0.3) is 0 Å². The van der Waals surface area contributed by atoms with Gasteiger partial charge in [-0.15, -0.1) is 0 Å². The molecular weight excluding hydrogens is 321 g/mol. The lowest BCUT2D eigenvalue weighted by atomic mass is 10.1. The average Bonchev–Trinajstić information content (AvgIpc) is 3.14. The second-order valence-electron chi connectivity index (χ2n) is 6.39. The van der Waals surface area contributed by atoms with Crippen LogP contribution >= 0.6 is 0 Å². The lowest BCUT2D eigenvalue weighted by molar-refractivity contribution is 0.190. The van der Waals surface area contributed by atoms with Gasteiger partial charge in [-0.3, -0.25) is 0 Å². The number of furan rings is 1. The van der Waals surface area contributed by atoms with Crippen molar-refractivity contribution in [2.75, 3.05) is 31.1 Å². The van der Waals surface area contributed by atoms with Crippen molar-refractivity contribution in [3.63, 3.8) is 0 Å². The molecule has 0 aliphatic carbocycles. The van der Waals surface area contributed by atoms with E-state index >= 15 is 0 Å². The molecule has 0 bridgehead atoms. The van der Waals surface area contributed by atoms with Crippen LogP contribution in [0.2, 0.25) is 0 Å². The van der Waals surface area contributed by atoms with Crippen molar-refractivity contribution in [2.45, 2.75) is 25.8 Å². The number of nitrogens with one attached hydrogen (secondary N) is 1. The Bertz CT molecular complexity index is 682. The number of rotatable bonds is 5. The summed E-state index contributed by atoms with van der Waals surface area (Å²) in [7, 11) is 0. The second-order valence-corrected chi connectivity index (χ2v) is 6.39. The summed E-state index contributed by atoms with van der Waals surface area (Å²) in [6.45, 7) is 4.44. The minimum atomic E-state index is -0.216. The third kappa shape index (κ3) is 4.53. The fourth-order valence-electron chi connectivity index (χ4n) is 3.05. The zero-order valence-electron chi connectivity index (χ0n) is 14.5. The van der Waals surface area contributed by atoms with Crippen LogP contribution in [0.15, 0.2) is 47.1 Å². The molecule has 0 radical (unpaired) electrons. The summed E-state index contributed by atoms with van der Waals surface area (Å²) in [4.78, 5) is 16.2. The van der Waals surface area contributed by atoms with E-state index in [2.05, 4.69) is 5.32 Å². The first-order valence-electron chi connectivity index (χ1n) is 8.71. The van der Waals surface area contributed by atoms with Gasteiger partial charge in [-0.1, -0.05) is 12.1 Å². The van der Waals surface area contributed by atoms with Gasteiger partial charge in [0, 0.05) is 38.6 Å². The van der Waals surface area contributed by atoms with E-state index in [1.165, 1.54) is 6.07 Å². The molecule has 1 atom stereocenters. The van der Waals surface area contributed by atoms with Crippen LogP contribution in [0.1, 0.15) is 19.1 Å². The number of carbonyl (C=O) groups excluding carboxylic acids is 1. The predicted molar refractivity (Wildman–Crippen MR) is 95.2 cm³/mol. The fourth-order valence-corrected chi connectivity index (χ4v) is 3.05. The minimum absolute atomic E-state index is 0.0554. The molecule has 1 fully saturated rings. The summed E-state index contributed by atoms with van der Waals surface area (Å²) in [6, 6.07) is 10.6. The van der Waals surface area contributed by atoms with Gasteiger partial charge in [0.1, 0.15) is 11.6 Å².